The molecule has 0 aromatic heterocycles. The summed E-state index contributed by atoms with van der Waals surface area (Å²) in [5, 5.41) is 4.79. The van der Waals surface area contributed by atoms with Crippen LogP contribution >= 0.6 is 11.8 Å². The van der Waals surface area contributed by atoms with Crippen molar-refractivity contribution in [3.8, 4) is 0 Å². The lowest BCUT2D eigenvalue weighted by Gasteiger charge is -2.07. The van der Waals surface area contributed by atoms with E-state index in [1.807, 2.05) is 6.26 Å². The minimum absolute atomic E-state index is 0.141. The van der Waals surface area contributed by atoms with Crippen LogP contribution in [-0.2, 0) is 9.59 Å². The number of anilines is 1. The van der Waals surface area contributed by atoms with Gasteiger partial charge in [-0.3, -0.25) is 9.59 Å². The highest BCUT2D eigenvalue weighted by atomic mass is 32.2. The molecule has 0 saturated heterocycles. The van der Waals surface area contributed by atoms with E-state index in [-0.39, 0.29) is 18.1 Å². The molecule has 1 aromatic carbocycles. The molecule has 0 aliphatic heterocycles. The van der Waals surface area contributed by atoms with Gasteiger partial charge in [0.1, 0.15) is 0 Å². The minimum atomic E-state index is -1.04. The number of carbonyl (C=O) groups is 2. The van der Waals surface area contributed by atoms with Crippen molar-refractivity contribution in [1.82, 2.24) is 5.32 Å². The summed E-state index contributed by atoms with van der Waals surface area (Å²) in [6, 6.07) is 3.04. The number of carbonyl (C=O) groups excluding carboxylic acids is 2. The topological polar surface area (TPSA) is 58.2 Å². The SMILES string of the molecule is CSCCC(=O)NCC(=O)Nc1ccc(F)c(F)c1. The van der Waals surface area contributed by atoms with Crippen molar-refractivity contribution in [2.24, 2.45) is 0 Å². The first-order valence-corrected chi connectivity index (χ1v) is 6.93. The lowest BCUT2D eigenvalue weighted by Crippen LogP contribution is -2.33. The van der Waals surface area contributed by atoms with E-state index in [0.717, 1.165) is 12.1 Å². The number of amides is 2. The maximum atomic E-state index is 12.9. The van der Waals surface area contributed by atoms with Crippen LogP contribution in [-0.4, -0.2) is 30.4 Å². The molecule has 0 unspecified atom stereocenters. The van der Waals surface area contributed by atoms with Crippen LogP contribution in [0.1, 0.15) is 6.42 Å². The zero-order chi connectivity index (χ0) is 14.3. The summed E-state index contributed by atoms with van der Waals surface area (Å²) in [6.45, 7) is -0.202. The minimum Gasteiger partial charge on any atom is -0.347 e. The molecule has 0 radical (unpaired) electrons. The summed E-state index contributed by atoms with van der Waals surface area (Å²) in [4.78, 5) is 22.7. The highest BCUT2D eigenvalue weighted by molar-refractivity contribution is 7.98. The third-order valence-electron chi connectivity index (χ3n) is 2.18. The first kappa shape index (κ1) is 15.4. The molecule has 0 spiro atoms. The molecule has 104 valence electrons. The molecule has 19 heavy (non-hydrogen) atoms. The van der Waals surface area contributed by atoms with E-state index in [1.54, 1.807) is 0 Å². The van der Waals surface area contributed by atoms with Gasteiger partial charge < -0.3 is 10.6 Å². The predicted molar refractivity (Wildman–Crippen MR) is 71.0 cm³/mol. The van der Waals surface area contributed by atoms with Crippen molar-refractivity contribution in [1.29, 1.82) is 0 Å². The second kappa shape index (κ2) is 7.73. The fraction of sp³-hybridized carbons (Fsp3) is 0.333. The van der Waals surface area contributed by atoms with E-state index in [9.17, 15) is 18.4 Å². The zero-order valence-electron chi connectivity index (χ0n) is 10.3. The first-order valence-electron chi connectivity index (χ1n) is 5.53. The van der Waals surface area contributed by atoms with Crippen LogP contribution in [0.5, 0.6) is 0 Å². The normalized spacial score (nSPS) is 10.1. The van der Waals surface area contributed by atoms with E-state index < -0.39 is 17.5 Å². The quantitative estimate of drug-likeness (QED) is 0.839. The highest BCUT2D eigenvalue weighted by Crippen LogP contribution is 2.12. The van der Waals surface area contributed by atoms with Gasteiger partial charge in [-0.05, 0) is 18.4 Å². The molecule has 0 fully saturated rings. The van der Waals surface area contributed by atoms with Crippen LogP contribution < -0.4 is 10.6 Å². The third-order valence-corrected chi connectivity index (χ3v) is 2.80. The number of nitrogens with one attached hydrogen (secondary N) is 2. The van der Waals surface area contributed by atoms with Gasteiger partial charge in [0.05, 0.1) is 6.54 Å². The van der Waals surface area contributed by atoms with E-state index in [1.165, 1.54) is 17.8 Å². The van der Waals surface area contributed by atoms with Crippen molar-refractivity contribution in [2.45, 2.75) is 6.42 Å². The maximum Gasteiger partial charge on any atom is 0.243 e. The van der Waals surface area contributed by atoms with Gasteiger partial charge in [-0.25, -0.2) is 8.78 Å². The van der Waals surface area contributed by atoms with Crippen LogP contribution in [0.4, 0.5) is 14.5 Å². The van der Waals surface area contributed by atoms with Crippen molar-refractivity contribution < 1.29 is 18.4 Å². The van der Waals surface area contributed by atoms with E-state index in [0.29, 0.717) is 12.2 Å². The number of rotatable bonds is 6. The number of hydrogen-bond acceptors (Lipinski definition) is 3. The van der Waals surface area contributed by atoms with E-state index >= 15 is 0 Å². The Kier molecular flexibility index (Phi) is 6.27. The standard InChI is InChI=1S/C12H14F2N2O2S/c1-19-5-4-11(17)15-7-12(18)16-8-2-3-9(13)10(14)6-8/h2-3,6H,4-5,7H2,1H3,(H,15,17)(H,16,18). The summed E-state index contributed by atoms with van der Waals surface area (Å²) in [6.07, 6.45) is 2.21. The molecule has 0 aliphatic rings. The first-order chi connectivity index (χ1) is 9.02. The van der Waals surface area contributed by atoms with Gasteiger partial charge in [-0.2, -0.15) is 11.8 Å². The average Bonchev–Trinajstić information content (AvgIpc) is 2.38. The van der Waals surface area contributed by atoms with Crippen molar-refractivity contribution in [3.05, 3.63) is 29.8 Å². The molecule has 0 saturated carbocycles. The number of thioether (sulfide) groups is 1. The molecule has 1 aromatic rings. The third kappa shape index (κ3) is 5.69. The fourth-order valence-corrected chi connectivity index (χ4v) is 1.63. The van der Waals surface area contributed by atoms with E-state index in [4.69, 9.17) is 0 Å². The second-order valence-corrected chi connectivity index (χ2v) is 4.68. The smallest absolute Gasteiger partial charge is 0.243 e. The van der Waals surface area contributed by atoms with Gasteiger partial charge >= 0.3 is 0 Å². The highest BCUT2D eigenvalue weighted by Gasteiger charge is 2.07. The number of halogens is 2. The van der Waals surface area contributed by atoms with Crippen molar-refractivity contribution in [3.63, 3.8) is 0 Å². The Hall–Kier alpha value is -1.63. The summed E-state index contributed by atoms with van der Waals surface area (Å²) in [5.74, 6) is -2.07. The Morgan fingerprint density at radius 2 is 1.95 bits per heavy atom. The van der Waals surface area contributed by atoms with Crippen LogP contribution in [0.15, 0.2) is 18.2 Å². The summed E-state index contributed by atoms with van der Waals surface area (Å²) < 4.78 is 25.5. The molecular weight excluding hydrogens is 274 g/mol. The predicted octanol–water partition coefficient (Wildman–Crippen LogP) is 1.77. The van der Waals surface area contributed by atoms with E-state index in [2.05, 4.69) is 10.6 Å². The lowest BCUT2D eigenvalue weighted by molar-refractivity contribution is -0.123. The summed E-state index contributed by atoms with van der Waals surface area (Å²) >= 11 is 1.53. The Labute approximate surface area is 113 Å². The molecule has 2 amide bonds. The van der Waals surface area contributed by atoms with Crippen LogP contribution in [0.25, 0.3) is 0 Å². The lowest BCUT2D eigenvalue weighted by atomic mass is 10.3. The Morgan fingerprint density at radius 1 is 1.21 bits per heavy atom. The largest absolute Gasteiger partial charge is 0.347 e. The van der Waals surface area contributed by atoms with Crippen LogP contribution in [0.3, 0.4) is 0 Å². The van der Waals surface area contributed by atoms with Gasteiger partial charge in [0, 0.05) is 23.9 Å². The van der Waals surface area contributed by atoms with Gasteiger partial charge in [-0.1, -0.05) is 0 Å². The van der Waals surface area contributed by atoms with Crippen LogP contribution in [0, 0.1) is 11.6 Å². The summed E-state index contributed by atoms with van der Waals surface area (Å²) in [7, 11) is 0. The van der Waals surface area contributed by atoms with Crippen molar-refractivity contribution >= 4 is 29.3 Å². The Bertz CT molecular complexity index is 469. The molecule has 1 rings (SSSR count). The summed E-state index contributed by atoms with van der Waals surface area (Å²) in [5.41, 5.74) is 0.141. The Morgan fingerprint density at radius 3 is 2.58 bits per heavy atom. The zero-order valence-corrected chi connectivity index (χ0v) is 11.2. The molecule has 7 heteroatoms. The molecule has 0 heterocycles. The van der Waals surface area contributed by atoms with Gasteiger partial charge in [0.15, 0.2) is 11.6 Å². The molecule has 0 aliphatic carbocycles. The van der Waals surface area contributed by atoms with Crippen molar-refractivity contribution in [2.75, 3.05) is 23.9 Å². The number of benzene rings is 1. The fourth-order valence-electron chi connectivity index (χ4n) is 1.24. The molecule has 0 atom stereocenters. The molecule has 0 bridgehead atoms. The van der Waals surface area contributed by atoms with Gasteiger partial charge in [0.2, 0.25) is 11.8 Å². The Balaban J connectivity index is 2.38. The second-order valence-electron chi connectivity index (χ2n) is 3.70. The van der Waals surface area contributed by atoms with Crippen LogP contribution in [0.2, 0.25) is 0 Å². The molecule has 2 N–H and O–H groups in total. The number of hydrogen-bond donors (Lipinski definition) is 2. The molecule has 4 nitrogen and oxygen atoms in total. The maximum absolute atomic E-state index is 12.9. The average molecular weight is 288 g/mol. The molecular formula is C12H14F2N2O2S. The van der Waals surface area contributed by atoms with Gasteiger partial charge in [0.25, 0.3) is 0 Å². The monoisotopic (exact) mass is 288 g/mol. The van der Waals surface area contributed by atoms with Gasteiger partial charge in [-0.15, -0.1) is 0 Å².